The second-order valence-corrected chi connectivity index (χ2v) is 4.07. The van der Waals surface area contributed by atoms with Crippen molar-refractivity contribution in [1.29, 1.82) is 0 Å². The fourth-order valence-electron chi connectivity index (χ4n) is 1.64. The number of fused-ring (bicyclic) bond motifs is 1. The number of benzene rings is 1. The van der Waals surface area contributed by atoms with Crippen LogP contribution in [0.3, 0.4) is 0 Å². The van der Waals surface area contributed by atoms with Crippen molar-refractivity contribution in [2.45, 2.75) is 18.4 Å². The van der Waals surface area contributed by atoms with Crippen LogP contribution in [0.1, 0.15) is 12.5 Å². The van der Waals surface area contributed by atoms with Gasteiger partial charge in [-0.2, -0.15) is 0 Å². The number of hydrogen-bond acceptors (Lipinski definition) is 4. The molecule has 0 bridgehead atoms. The molecule has 2 rings (SSSR count). The smallest absolute Gasteiger partial charge is 0.203 e. The zero-order valence-electron chi connectivity index (χ0n) is 9.77. The molecule has 1 unspecified atom stereocenters. The van der Waals surface area contributed by atoms with Gasteiger partial charge in [0.15, 0.2) is 11.5 Å². The lowest BCUT2D eigenvalue weighted by Gasteiger charge is -2.28. The Bertz CT molecular complexity index is 428. The largest absolute Gasteiger partial charge is 0.493 e. The van der Waals surface area contributed by atoms with Crippen molar-refractivity contribution < 1.29 is 19.3 Å². The van der Waals surface area contributed by atoms with Gasteiger partial charge in [0.25, 0.3) is 0 Å². The molecule has 4 radical (unpaired) electrons. The lowest BCUT2D eigenvalue weighted by molar-refractivity contribution is 0.0995. The third-order valence-corrected chi connectivity index (χ3v) is 2.49. The molecule has 1 aliphatic rings. The molecule has 1 atom stereocenters. The monoisotopic (exact) mass is 230 g/mol. The highest BCUT2D eigenvalue weighted by Crippen LogP contribution is 2.42. The minimum Gasteiger partial charge on any atom is -0.493 e. The molecule has 0 saturated carbocycles. The van der Waals surface area contributed by atoms with E-state index in [0.29, 0.717) is 29.4 Å². The van der Waals surface area contributed by atoms with Gasteiger partial charge in [0.2, 0.25) is 5.75 Å². The van der Waals surface area contributed by atoms with Crippen molar-refractivity contribution in [1.82, 2.24) is 0 Å². The van der Waals surface area contributed by atoms with E-state index < -0.39 is 5.40 Å². The number of methoxy groups -OCH3 is 1. The molecule has 0 spiro atoms. The Balaban J connectivity index is 2.51. The molecular formula is C11H12B2O4. The van der Waals surface area contributed by atoms with E-state index in [0.717, 1.165) is 0 Å². The molecule has 1 aromatic rings. The molecule has 4 nitrogen and oxygen atoms in total. The number of hydrogen-bond donors (Lipinski definition) is 1. The third kappa shape index (κ3) is 2.36. The molecule has 6 heteroatoms. The van der Waals surface area contributed by atoms with Crippen LogP contribution in [0.2, 0.25) is 0 Å². The van der Waals surface area contributed by atoms with Gasteiger partial charge in [0.05, 0.1) is 7.11 Å². The predicted molar refractivity (Wildman–Crippen MR) is 64.0 cm³/mol. The number of ether oxygens (including phenoxy) is 3. The van der Waals surface area contributed by atoms with E-state index >= 15 is 0 Å². The minimum atomic E-state index is -1.94. The SMILES string of the molecule is [B]C([B])(O)c1cc(OC)c2c(c1)OC(C)CO2. The molecule has 0 saturated heterocycles. The van der Waals surface area contributed by atoms with Gasteiger partial charge in [-0.25, -0.2) is 0 Å². The lowest BCUT2D eigenvalue weighted by atomic mass is 9.61. The molecule has 1 aliphatic heterocycles. The fraction of sp³-hybridized carbons (Fsp3) is 0.455. The average molecular weight is 230 g/mol. The standard InChI is InChI=1S/C11H12B2O4/c1-6-5-16-10-8(15-2)3-7(11(12,13)14)4-9(10)17-6/h3-4,6,14H,5H2,1-2H3. The fourth-order valence-corrected chi connectivity index (χ4v) is 1.64. The average Bonchev–Trinajstić information content (AvgIpc) is 2.25. The second-order valence-electron chi connectivity index (χ2n) is 4.07. The van der Waals surface area contributed by atoms with Crippen LogP contribution in [0.25, 0.3) is 0 Å². The topological polar surface area (TPSA) is 47.9 Å². The summed E-state index contributed by atoms with van der Waals surface area (Å²) in [5.74, 6) is 1.39. The summed E-state index contributed by atoms with van der Waals surface area (Å²) in [6.45, 7) is 2.32. The summed E-state index contributed by atoms with van der Waals surface area (Å²) in [6, 6.07) is 3.08. The Morgan fingerprint density at radius 3 is 2.76 bits per heavy atom. The predicted octanol–water partition coefficient (Wildman–Crippen LogP) is 0.294. The zero-order chi connectivity index (χ0) is 12.6. The Labute approximate surface area is 103 Å². The Kier molecular flexibility index (Phi) is 3.00. The van der Waals surface area contributed by atoms with Crippen molar-refractivity contribution in [3.63, 3.8) is 0 Å². The lowest BCUT2D eigenvalue weighted by Crippen LogP contribution is -2.29. The first kappa shape index (κ1) is 12.2. The summed E-state index contributed by atoms with van der Waals surface area (Å²) in [7, 11) is 12.4. The molecule has 1 aromatic carbocycles. The van der Waals surface area contributed by atoms with Crippen LogP contribution in [0.4, 0.5) is 0 Å². The summed E-state index contributed by atoms with van der Waals surface area (Å²) in [5, 5.41) is 7.64. The van der Waals surface area contributed by atoms with Crippen LogP contribution in [-0.2, 0) is 5.40 Å². The van der Waals surface area contributed by atoms with Gasteiger partial charge in [0.1, 0.15) is 28.4 Å². The highest BCUT2D eigenvalue weighted by atomic mass is 16.6. The normalized spacial score (nSPS) is 18.9. The van der Waals surface area contributed by atoms with Crippen molar-refractivity contribution in [3.8, 4) is 17.2 Å². The maximum Gasteiger partial charge on any atom is 0.203 e. The molecule has 1 heterocycles. The van der Waals surface area contributed by atoms with E-state index in [4.69, 9.17) is 29.9 Å². The van der Waals surface area contributed by atoms with Gasteiger partial charge in [0, 0.05) is 5.40 Å². The van der Waals surface area contributed by atoms with Crippen LogP contribution in [0.5, 0.6) is 17.2 Å². The first-order chi connectivity index (χ1) is 7.91. The van der Waals surface area contributed by atoms with Gasteiger partial charge in [-0.05, 0) is 24.6 Å². The maximum atomic E-state index is 9.58. The molecule has 17 heavy (non-hydrogen) atoms. The zero-order valence-corrected chi connectivity index (χ0v) is 9.77. The van der Waals surface area contributed by atoms with E-state index in [2.05, 4.69) is 0 Å². The molecule has 0 amide bonds. The molecule has 0 aliphatic carbocycles. The van der Waals surface area contributed by atoms with E-state index in [1.807, 2.05) is 6.92 Å². The summed E-state index contributed by atoms with van der Waals surface area (Å²) in [5.41, 5.74) is 0.297. The van der Waals surface area contributed by atoms with E-state index in [-0.39, 0.29) is 6.10 Å². The summed E-state index contributed by atoms with van der Waals surface area (Å²) < 4.78 is 16.3. The Hall–Kier alpha value is -1.29. The van der Waals surface area contributed by atoms with Crippen LogP contribution in [0, 0.1) is 0 Å². The molecule has 0 aromatic heterocycles. The number of rotatable bonds is 2. The second kappa shape index (κ2) is 4.18. The highest BCUT2D eigenvalue weighted by molar-refractivity contribution is 6.38. The van der Waals surface area contributed by atoms with Crippen LogP contribution in [0.15, 0.2) is 12.1 Å². The van der Waals surface area contributed by atoms with Crippen molar-refractivity contribution in [3.05, 3.63) is 17.7 Å². The van der Waals surface area contributed by atoms with Crippen molar-refractivity contribution in [2.75, 3.05) is 13.7 Å². The van der Waals surface area contributed by atoms with Gasteiger partial charge >= 0.3 is 0 Å². The third-order valence-electron chi connectivity index (χ3n) is 2.49. The van der Waals surface area contributed by atoms with E-state index in [9.17, 15) is 5.11 Å². The molecule has 1 N–H and O–H groups in total. The maximum absolute atomic E-state index is 9.58. The van der Waals surface area contributed by atoms with Crippen molar-refractivity contribution in [2.24, 2.45) is 0 Å². The number of aliphatic hydroxyl groups is 1. The highest BCUT2D eigenvalue weighted by Gasteiger charge is 2.25. The summed E-state index contributed by atoms with van der Waals surface area (Å²) in [4.78, 5) is 0. The van der Waals surface area contributed by atoms with Crippen LogP contribution in [-0.4, -0.2) is 40.6 Å². The Morgan fingerprint density at radius 1 is 1.47 bits per heavy atom. The quantitative estimate of drug-likeness (QED) is 0.741. The van der Waals surface area contributed by atoms with Crippen LogP contribution < -0.4 is 14.2 Å². The van der Waals surface area contributed by atoms with Gasteiger partial charge in [-0.1, -0.05) is 0 Å². The van der Waals surface area contributed by atoms with E-state index in [1.54, 1.807) is 6.07 Å². The summed E-state index contributed by atoms with van der Waals surface area (Å²) >= 11 is 0. The molecule has 0 fully saturated rings. The summed E-state index contributed by atoms with van der Waals surface area (Å²) in [6.07, 6.45) is -0.0777. The van der Waals surface area contributed by atoms with Crippen LogP contribution >= 0.6 is 0 Å². The van der Waals surface area contributed by atoms with Gasteiger partial charge in [-0.3, -0.25) is 0 Å². The van der Waals surface area contributed by atoms with Crippen molar-refractivity contribution >= 4 is 15.7 Å². The van der Waals surface area contributed by atoms with Gasteiger partial charge < -0.3 is 19.3 Å². The molecule has 86 valence electrons. The molecular weight excluding hydrogens is 218 g/mol. The first-order valence-corrected chi connectivity index (χ1v) is 5.24. The first-order valence-electron chi connectivity index (χ1n) is 5.24. The van der Waals surface area contributed by atoms with E-state index in [1.165, 1.54) is 13.2 Å². The minimum absolute atomic E-state index is 0.0777. The van der Waals surface area contributed by atoms with Gasteiger partial charge in [-0.15, -0.1) is 0 Å². The Morgan fingerprint density at radius 2 is 2.18 bits per heavy atom.